The second-order valence-electron chi connectivity index (χ2n) is 4.02. The van der Waals surface area contributed by atoms with Crippen molar-refractivity contribution in [3.8, 4) is 0 Å². The number of hydrogen-bond donors (Lipinski definition) is 2. The van der Waals surface area contributed by atoms with Crippen LogP contribution in [0.5, 0.6) is 0 Å². The van der Waals surface area contributed by atoms with Crippen molar-refractivity contribution in [3.63, 3.8) is 0 Å². The summed E-state index contributed by atoms with van der Waals surface area (Å²) < 4.78 is 0. The van der Waals surface area contributed by atoms with Gasteiger partial charge < -0.3 is 10.4 Å². The maximum absolute atomic E-state index is 10.9. The van der Waals surface area contributed by atoms with Crippen LogP contribution < -0.4 is 5.32 Å². The number of nitrogens with one attached hydrogen (secondary N) is 1. The van der Waals surface area contributed by atoms with Crippen LogP contribution in [0.3, 0.4) is 0 Å². The molecule has 0 bridgehead atoms. The van der Waals surface area contributed by atoms with Gasteiger partial charge >= 0.3 is 5.97 Å². The van der Waals surface area contributed by atoms with Gasteiger partial charge in [0.05, 0.1) is 0 Å². The minimum absolute atomic E-state index is 0.271. The minimum atomic E-state index is -0.734. The molecule has 0 aliphatic rings. The molecule has 14 heavy (non-hydrogen) atoms. The first-order valence-electron chi connectivity index (χ1n) is 5.51. The predicted octanol–water partition coefficient (Wildman–Crippen LogP) is 2.26. The SMILES string of the molecule is CCCC(NC(C)C(C)CC)C(=O)O. The lowest BCUT2D eigenvalue weighted by Crippen LogP contribution is -2.44. The third kappa shape index (κ3) is 4.61. The molecule has 0 spiro atoms. The summed E-state index contributed by atoms with van der Waals surface area (Å²) in [5.41, 5.74) is 0. The summed E-state index contributed by atoms with van der Waals surface area (Å²) >= 11 is 0. The van der Waals surface area contributed by atoms with Crippen LogP contribution in [0.4, 0.5) is 0 Å². The predicted molar refractivity (Wildman–Crippen MR) is 58.4 cm³/mol. The number of aliphatic carboxylic acids is 1. The van der Waals surface area contributed by atoms with Gasteiger partial charge in [0.1, 0.15) is 6.04 Å². The molecule has 0 radical (unpaired) electrons. The molecule has 0 aromatic heterocycles. The van der Waals surface area contributed by atoms with Crippen LogP contribution >= 0.6 is 0 Å². The van der Waals surface area contributed by atoms with Gasteiger partial charge in [0.15, 0.2) is 0 Å². The summed E-state index contributed by atoms with van der Waals surface area (Å²) in [5, 5.41) is 12.1. The first-order valence-corrected chi connectivity index (χ1v) is 5.51. The van der Waals surface area contributed by atoms with Crippen LogP contribution in [-0.4, -0.2) is 23.2 Å². The first kappa shape index (κ1) is 13.4. The van der Waals surface area contributed by atoms with Gasteiger partial charge in [0.25, 0.3) is 0 Å². The van der Waals surface area contributed by atoms with Crippen LogP contribution in [0.2, 0.25) is 0 Å². The van der Waals surface area contributed by atoms with Crippen molar-refractivity contribution in [3.05, 3.63) is 0 Å². The van der Waals surface area contributed by atoms with E-state index in [0.29, 0.717) is 12.3 Å². The molecule has 3 heteroatoms. The highest BCUT2D eigenvalue weighted by molar-refractivity contribution is 5.73. The molecular weight excluding hydrogens is 178 g/mol. The number of hydrogen-bond acceptors (Lipinski definition) is 2. The average molecular weight is 201 g/mol. The van der Waals surface area contributed by atoms with E-state index in [-0.39, 0.29) is 12.1 Å². The lowest BCUT2D eigenvalue weighted by Gasteiger charge is -2.24. The Morgan fingerprint density at radius 1 is 1.36 bits per heavy atom. The standard InChI is InChI=1S/C11H23NO2/c1-5-7-10(11(13)14)12-9(4)8(3)6-2/h8-10,12H,5-7H2,1-4H3,(H,13,14). The number of rotatable bonds is 7. The van der Waals surface area contributed by atoms with Gasteiger partial charge in [-0.2, -0.15) is 0 Å². The normalized spacial score (nSPS) is 17.4. The Labute approximate surface area is 86.9 Å². The molecule has 0 aromatic carbocycles. The van der Waals surface area contributed by atoms with E-state index in [1.807, 2.05) is 6.92 Å². The molecule has 0 aromatic rings. The van der Waals surface area contributed by atoms with E-state index in [1.165, 1.54) is 0 Å². The van der Waals surface area contributed by atoms with Crippen molar-refractivity contribution in [2.75, 3.05) is 0 Å². The van der Waals surface area contributed by atoms with Crippen LogP contribution in [0.25, 0.3) is 0 Å². The summed E-state index contributed by atoms with van der Waals surface area (Å²) in [4.78, 5) is 10.9. The molecule has 0 amide bonds. The Morgan fingerprint density at radius 2 is 1.93 bits per heavy atom. The second-order valence-corrected chi connectivity index (χ2v) is 4.02. The third-order valence-corrected chi connectivity index (χ3v) is 2.84. The fourth-order valence-electron chi connectivity index (χ4n) is 1.40. The third-order valence-electron chi connectivity index (χ3n) is 2.84. The van der Waals surface area contributed by atoms with Crippen LogP contribution in [0.1, 0.15) is 47.0 Å². The maximum Gasteiger partial charge on any atom is 0.320 e. The topological polar surface area (TPSA) is 49.3 Å². The Morgan fingerprint density at radius 3 is 2.29 bits per heavy atom. The van der Waals surface area contributed by atoms with E-state index >= 15 is 0 Å². The monoisotopic (exact) mass is 201 g/mol. The van der Waals surface area contributed by atoms with E-state index in [2.05, 4.69) is 26.1 Å². The zero-order valence-electron chi connectivity index (χ0n) is 9.71. The van der Waals surface area contributed by atoms with Gasteiger partial charge in [-0.3, -0.25) is 4.79 Å². The molecule has 0 heterocycles. The zero-order valence-corrected chi connectivity index (χ0v) is 9.71. The molecule has 0 aliphatic heterocycles. The van der Waals surface area contributed by atoms with E-state index in [9.17, 15) is 4.79 Å². The maximum atomic E-state index is 10.9. The van der Waals surface area contributed by atoms with E-state index in [4.69, 9.17) is 5.11 Å². The Bertz CT molecular complexity index is 171. The van der Waals surface area contributed by atoms with Gasteiger partial charge in [0.2, 0.25) is 0 Å². The number of carbonyl (C=O) groups is 1. The molecular formula is C11H23NO2. The fourth-order valence-corrected chi connectivity index (χ4v) is 1.40. The summed E-state index contributed by atoms with van der Waals surface area (Å²) in [6.07, 6.45) is 2.68. The molecule has 0 aliphatic carbocycles. The lowest BCUT2D eigenvalue weighted by atomic mass is 9.99. The quantitative estimate of drug-likeness (QED) is 0.664. The minimum Gasteiger partial charge on any atom is -0.480 e. The van der Waals surface area contributed by atoms with Crippen molar-refractivity contribution in [2.45, 2.75) is 59.0 Å². The molecule has 0 fully saturated rings. The van der Waals surface area contributed by atoms with Gasteiger partial charge in [-0.05, 0) is 19.3 Å². The second kappa shape index (κ2) is 6.82. The lowest BCUT2D eigenvalue weighted by molar-refractivity contribution is -0.140. The molecule has 0 rings (SSSR count). The Kier molecular flexibility index (Phi) is 6.54. The zero-order chi connectivity index (χ0) is 11.1. The van der Waals surface area contributed by atoms with Gasteiger partial charge in [-0.25, -0.2) is 0 Å². The molecule has 0 saturated carbocycles. The summed E-state index contributed by atoms with van der Waals surface area (Å²) in [5.74, 6) is -0.212. The van der Waals surface area contributed by atoms with Crippen LogP contribution in [0, 0.1) is 5.92 Å². The highest BCUT2D eigenvalue weighted by Gasteiger charge is 2.20. The van der Waals surface area contributed by atoms with Gasteiger partial charge in [-0.15, -0.1) is 0 Å². The summed E-state index contributed by atoms with van der Waals surface area (Å²) in [6.45, 7) is 8.33. The van der Waals surface area contributed by atoms with E-state index < -0.39 is 5.97 Å². The smallest absolute Gasteiger partial charge is 0.320 e. The van der Waals surface area contributed by atoms with E-state index in [1.54, 1.807) is 0 Å². The van der Waals surface area contributed by atoms with Crippen molar-refractivity contribution < 1.29 is 9.90 Å². The average Bonchev–Trinajstić information content (AvgIpc) is 2.15. The van der Waals surface area contributed by atoms with Crippen molar-refractivity contribution >= 4 is 5.97 Å². The summed E-state index contributed by atoms with van der Waals surface area (Å²) in [7, 11) is 0. The molecule has 2 N–H and O–H groups in total. The van der Waals surface area contributed by atoms with Crippen molar-refractivity contribution in [1.82, 2.24) is 5.32 Å². The Balaban J connectivity index is 4.08. The van der Waals surface area contributed by atoms with Gasteiger partial charge in [-0.1, -0.05) is 33.6 Å². The van der Waals surface area contributed by atoms with Crippen LogP contribution in [-0.2, 0) is 4.79 Å². The molecule has 84 valence electrons. The highest BCUT2D eigenvalue weighted by atomic mass is 16.4. The number of carboxylic acid groups (broad SMARTS) is 1. The van der Waals surface area contributed by atoms with Crippen molar-refractivity contribution in [2.24, 2.45) is 5.92 Å². The van der Waals surface area contributed by atoms with Crippen molar-refractivity contribution in [1.29, 1.82) is 0 Å². The fraction of sp³-hybridized carbons (Fsp3) is 0.909. The first-order chi connectivity index (χ1) is 6.52. The number of carboxylic acids is 1. The highest BCUT2D eigenvalue weighted by Crippen LogP contribution is 2.09. The Hall–Kier alpha value is -0.570. The van der Waals surface area contributed by atoms with E-state index in [0.717, 1.165) is 12.8 Å². The molecule has 3 atom stereocenters. The largest absolute Gasteiger partial charge is 0.480 e. The van der Waals surface area contributed by atoms with Crippen LogP contribution in [0.15, 0.2) is 0 Å². The summed E-state index contributed by atoms with van der Waals surface area (Å²) in [6, 6.07) is -0.114. The molecule has 3 unspecified atom stereocenters. The molecule has 3 nitrogen and oxygen atoms in total. The molecule has 0 saturated heterocycles. The van der Waals surface area contributed by atoms with Gasteiger partial charge in [0, 0.05) is 6.04 Å².